The van der Waals surface area contributed by atoms with Crippen molar-refractivity contribution < 1.29 is 9.53 Å². The number of hydrazone groups is 1. The molecule has 0 unspecified atom stereocenters. The van der Waals surface area contributed by atoms with Crippen molar-refractivity contribution in [1.29, 1.82) is 0 Å². The van der Waals surface area contributed by atoms with Crippen molar-refractivity contribution in [3.63, 3.8) is 0 Å². The molecule has 1 N–H and O–H groups in total. The van der Waals surface area contributed by atoms with Crippen LogP contribution in [0.2, 0.25) is 0 Å². The lowest BCUT2D eigenvalue weighted by atomic mass is 10.1. The van der Waals surface area contributed by atoms with E-state index >= 15 is 0 Å². The van der Waals surface area contributed by atoms with Crippen LogP contribution in [0.25, 0.3) is 16.9 Å². The van der Waals surface area contributed by atoms with E-state index in [1.165, 1.54) is 0 Å². The highest BCUT2D eigenvalue weighted by Gasteiger charge is 2.11. The molecule has 4 aromatic rings. The fourth-order valence-corrected chi connectivity index (χ4v) is 4.03. The molecule has 0 atom stereocenters. The van der Waals surface area contributed by atoms with Crippen LogP contribution in [0.5, 0.6) is 5.75 Å². The summed E-state index contributed by atoms with van der Waals surface area (Å²) >= 11 is 3.44. The van der Waals surface area contributed by atoms with Gasteiger partial charge < -0.3 is 9.30 Å². The molecule has 4 rings (SSSR count). The SMILES string of the molecule is COc1ccc(/C=N/NC(=O)c2ccc(-n3c(C)ccc3-c3ccccc3)cc2)cc1Br. The first-order valence-electron chi connectivity index (χ1n) is 10.1. The first-order chi connectivity index (χ1) is 15.6. The highest BCUT2D eigenvalue weighted by molar-refractivity contribution is 9.10. The summed E-state index contributed by atoms with van der Waals surface area (Å²) in [5, 5.41) is 4.06. The van der Waals surface area contributed by atoms with Crippen molar-refractivity contribution in [2.75, 3.05) is 7.11 Å². The molecule has 0 aliphatic rings. The summed E-state index contributed by atoms with van der Waals surface area (Å²) in [5.41, 5.74) is 8.31. The number of aryl methyl sites for hydroxylation is 1. The van der Waals surface area contributed by atoms with E-state index in [0.717, 1.165) is 38.4 Å². The standard InChI is InChI=1S/C26H22BrN3O2/c1-18-8-14-24(20-6-4-3-5-7-20)30(18)22-12-10-21(11-13-22)26(31)29-28-17-19-9-15-25(32-2)23(27)16-19/h3-17H,1-2H3,(H,29,31)/b28-17+. The van der Waals surface area contributed by atoms with Gasteiger partial charge in [0.1, 0.15) is 5.75 Å². The lowest BCUT2D eigenvalue weighted by Crippen LogP contribution is -2.17. The van der Waals surface area contributed by atoms with Gasteiger partial charge in [-0.05, 0) is 88.6 Å². The smallest absolute Gasteiger partial charge is 0.271 e. The van der Waals surface area contributed by atoms with Crippen LogP contribution in [-0.4, -0.2) is 23.8 Å². The largest absolute Gasteiger partial charge is 0.496 e. The lowest BCUT2D eigenvalue weighted by Gasteiger charge is -2.12. The molecule has 0 bridgehead atoms. The van der Waals surface area contributed by atoms with Gasteiger partial charge in [0.05, 0.1) is 23.5 Å². The quantitative estimate of drug-likeness (QED) is 0.268. The van der Waals surface area contributed by atoms with Crippen molar-refractivity contribution in [2.45, 2.75) is 6.92 Å². The Balaban J connectivity index is 1.48. The third kappa shape index (κ3) is 4.65. The number of methoxy groups -OCH3 is 1. The molecule has 1 aromatic heterocycles. The number of benzene rings is 3. The van der Waals surface area contributed by atoms with Gasteiger partial charge in [-0.2, -0.15) is 5.10 Å². The molecule has 0 saturated carbocycles. The monoisotopic (exact) mass is 487 g/mol. The fraction of sp³-hybridized carbons (Fsp3) is 0.0769. The van der Waals surface area contributed by atoms with E-state index in [2.05, 4.69) is 62.2 Å². The van der Waals surface area contributed by atoms with Gasteiger partial charge in [-0.25, -0.2) is 5.43 Å². The topological polar surface area (TPSA) is 55.6 Å². The molecule has 5 nitrogen and oxygen atoms in total. The number of hydrogen-bond donors (Lipinski definition) is 1. The van der Waals surface area contributed by atoms with Gasteiger partial charge in [-0.1, -0.05) is 30.3 Å². The maximum Gasteiger partial charge on any atom is 0.271 e. The van der Waals surface area contributed by atoms with E-state index in [1.54, 1.807) is 25.5 Å². The Bertz CT molecular complexity index is 1260. The number of hydrogen-bond acceptors (Lipinski definition) is 3. The summed E-state index contributed by atoms with van der Waals surface area (Å²) in [4.78, 5) is 12.5. The Morgan fingerprint density at radius 2 is 1.75 bits per heavy atom. The van der Waals surface area contributed by atoms with Gasteiger partial charge in [-0.3, -0.25) is 4.79 Å². The molecule has 160 valence electrons. The van der Waals surface area contributed by atoms with Gasteiger partial charge in [-0.15, -0.1) is 0 Å². The van der Waals surface area contributed by atoms with Crippen LogP contribution in [0.4, 0.5) is 0 Å². The molecule has 0 aliphatic carbocycles. The predicted molar refractivity (Wildman–Crippen MR) is 132 cm³/mol. The van der Waals surface area contributed by atoms with Crippen LogP contribution in [0.3, 0.4) is 0 Å². The van der Waals surface area contributed by atoms with Crippen molar-refractivity contribution in [3.8, 4) is 22.7 Å². The molecule has 0 fully saturated rings. The van der Waals surface area contributed by atoms with Crippen LogP contribution < -0.4 is 10.2 Å². The first-order valence-corrected chi connectivity index (χ1v) is 10.9. The Morgan fingerprint density at radius 3 is 2.44 bits per heavy atom. The number of nitrogens with zero attached hydrogens (tertiary/aromatic N) is 2. The van der Waals surface area contributed by atoms with Crippen LogP contribution in [0.1, 0.15) is 21.6 Å². The number of nitrogens with one attached hydrogen (secondary N) is 1. The summed E-state index contributed by atoms with van der Waals surface area (Å²) < 4.78 is 8.21. The number of rotatable bonds is 6. The van der Waals surface area contributed by atoms with Crippen molar-refractivity contribution in [2.24, 2.45) is 5.10 Å². The van der Waals surface area contributed by atoms with Crippen molar-refractivity contribution in [3.05, 3.63) is 106 Å². The Labute approximate surface area is 195 Å². The molecule has 3 aromatic carbocycles. The zero-order valence-corrected chi connectivity index (χ0v) is 19.3. The van der Waals surface area contributed by atoms with E-state index in [9.17, 15) is 4.79 Å². The van der Waals surface area contributed by atoms with Gasteiger partial charge in [0.25, 0.3) is 5.91 Å². The van der Waals surface area contributed by atoms with Crippen molar-refractivity contribution in [1.82, 2.24) is 9.99 Å². The average Bonchev–Trinajstić information content (AvgIpc) is 3.21. The first kappa shape index (κ1) is 21.6. The molecule has 0 radical (unpaired) electrons. The van der Waals surface area contributed by atoms with Gasteiger partial charge >= 0.3 is 0 Å². The minimum absolute atomic E-state index is 0.270. The van der Waals surface area contributed by atoms with E-state index in [1.807, 2.05) is 48.5 Å². The minimum Gasteiger partial charge on any atom is -0.496 e. The molecule has 32 heavy (non-hydrogen) atoms. The lowest BCUT2D eigenvalue weighted by molar-refractivity contribution is 0.0955. The molecule has 1 amide bonds. The van der Waals surface area contributed by atoms with Crippen LogP contribution in [0, 0.1) is 6.92 Å². The number of amides is 1. The highest BCUT2D eigenvalue weighted by Crippen LogP contribution is 2.27. The van der Waals surface area contributed by atoms with E-state index < -0.39 is 0 Å². The van der Waals surface area contributed by atoms with Crippen LogP contribution >= 0.6 is 15.9 Å². The molecular formula is C26H22BrN3O2. The maximum atomic E-state index is 12.5. The van der Waals surface area contributed by atoms with E-state index in [4.69, 9.17) is 4.74 Å². The predicted octanol–water partition coefficient (Wildman–Crippen LogP) is 5.99. The summed E-state index contributed by atoms with van der Waals surface area (Å²) in [5.74, 6) is 0.465. The zero-order valence-electron chi connectivity index (χ0n) is 17.7. The Kier molecular flexibility index (Phi) is 6.52. The second-order valence-corrected chi connectivity index (χ2v) is 8.06. The van der Waals surface area contributed by atoms with E-state index in [-0.39, 0.29) is 5.91 Å². The third-order valence-electron chi connectivity index (χ3n) is 5.09. The average molecular weight is 488 g/mol. The fourth-order valence-electron chi connectivity index (χ4n) is 3.47. The Hall–Kier alpha value is -3.64. The normalized spacial score (nSPS) is 11.0. The minimum atomic E-state index is -0.270. The van der Waals surface area contributed by atoms with Gasteiger partial charge in [0.15, 0.2) is 0 Å². The molecular weight excluding hydrogens is 466 g/mol. The maximum absolute atomic E-state index is 12.5. The Morgan fingerprint density at radius 1 is 1.00 bits per heavy atom. The summed E-state index contributed by atoms with van der Waals surface area (Å²) in [6.45, 7) is 2.07. The van der Waals surface area contributed by atoms with Gasteiger partial charge in [0.2, 0.25) is 0 Å². The molecule has 1 heterocycles. The van der Waals surface area contributed by atoms with Gasteiger partial charge in [0, 0.05) is 16.9 Å². The molecule has 0 spiro atoms. The van der Waals surface area contributed by atoms with Crippen LogP contribution in [0.15, 0.2) is 94.5 Å². The van der Waals surface area contributed by atoms with Crippen molar-refractivity contribution >= 4 is 28.1 Å². The van der Waals surface area contributed by atoms with E-state index in [0.29, 0.717) is 5.56 Å². The van der Waals surface area contributed by atoms with Crippen LogP contribution in [-0.2, 0) is 0 Å². The molecule has 6 heteroatoms. The highest BCUT2D eigenvalue weighted by atomic mass is 79.9. The molecule has 0 aliphatic heterocycles. The zero-order chi connectivity index (χ0) is 22.5. The molecule has 0 saturated heterocycles. The third-order valence-corrected chi connectivity index (χ3v) is 5.71. The number of halogens is 1. The number of aromatic nitrogens is 1. The number of ether oxygens (including phenoxy) is 1. The number of carbonyl (C=O) groups is 1. The second-order valence-electron chi connectivity index (χ2n) is 7.20. The summed E-state index contributed by atoms with van der Waals surface area (Å²) in [6, 6.07) is 27.5. The summed E-state index contributed by atoms with van der Waals surface area (Å²) in [6.07, 6.45) is 1.59. The summed E-state index contributed by atoms with van der Waals surface area (Å²) in [7, 11) is 1.61. The second kappa shape index (κ2) is 9.66. The number of carbonyl (C=O) groups excluding carboxylic acids is 1.